The molecule has 0 bridgehead atoms. The smallest absolute Gasteiger partial charge is 0.312 e. The molecule has 5 aliphatic carbocycles. The highest BCUT2D eigenvalue weighted by atomic mass is 16.5. The summed E-state index contributed by atoms with van der Waals surface area (Å²) in [6.07, 6.45) is 8.48. The third-order valence-corrected chi connectivity index (χ3v) is 12.8. The van der Waals surface area contributed by atoms with E-state index < -0.39 is 16.9 Å². The monoisotopic (exact) mass is 507 g/mol. The molecule has 0 aromatic heterocycles. The molecule has 0 N–H and O–H groups in total. The van der Waals surface area contributed by atoms with Gasteiger partial charge < -0.3 is 9.58 Å². The number of hydrogen-bond acceptors (Lipinski definition) is 4. The van der Waals surface area contributed by atoms with E-state index in [-0.39, 0.29) is 56.9 Å². The molecule has 0 amide bonds. The van der Waals surface area contributed by atoms with Gasteiger partial charge in [-0.15, -0.1) is 0 Å². The van der Waals surface area contributed by atoms with Crippen LogP contribution in [0.25, 0.3) is 4.85 Å². The quantitative estimate of drug-likeness (QED) is 0.296. The zero-order valence-corrected chi connectivity index (χ0v) is 24.1. The number of hydrogen-bond donors (Lipinski definition) is 0. The highest BCUT2D eigenvalue weighted by molar-refractivity contribution is 5.97. The van der Waals surface area contributed by atoms with Gasteiger partial charge in [0.15, 0.2) is 5.78 Å². The van der Waals surface area contributed by atoms with Gasteiger partial charge in [0.05, 0.1) is 12.5 Å². The number of ketones is 2. The molecule has 0 spiro atoms. The first-order valence-electron chi connectivity index (χ1n) is 14.3. The number of fused-ring (bicyclic) bond motifs is 7. The van der Waals surface area contributed by atoms with E-state index >= 15 is 0 Å². The zero-order valence-electron chi connectivity index (χ0n) is 24.1. The first-order chi connectivity index (χ1) is 17.0. The lowest BCUT2D eigenvalue weighted by atomic mass is 9.33. The van der Waals surface area contributed by atoms with Crippen molar-refractivity contribution in [2.75, 3.05) is 7.11 Å². The van der Waals surface area contributed by atoms with Crippen LogP contribution in [0.3, 0.4) is 0 Å². The Morgan fingerprint density at radius 2 is 1.62 bits per heavy atom. The van der Waals surface area contributed by atoms with E-state index in [9.17, 15) is 14.4 Å². The average Bonchev–Trinajstić information content (AvgIpc) is 2.82. The summed E-state index contributed by atoms with van der Waals surface area (Å²) in [5.74, 6) is -0.0545. The third kappa shape index (κ3) is 3.17. The number of carbonyl (C=O) groups excluding carboxylic acids is 3. The molecule has 0 aliphatic heterocycles. The molecule has 0 radical (unpaired) electrons. The van der Waals surface area contributed by atoms with Crippen molar-refractivity contribution in [2.24, 2.45) is 50.2 Å². The Kier molecular flexibility index (Phi) is 5.61. The van der Waals surface area contributed by atoms with Crippen LogP contribution in [0.1, 0.15) is 99.8 Å². The molecule has 37 heavy (non-hydrogen) atoms. The molecular weight excluding hydrogens is 462 g/mol. The van der Waals surface area contributed by atoms with Crippen molar-refractivity contribution in [3.05, 3.63) is 23.1 Å². The molecule has 5 heteroatoms. The predicted octanol–water partition coefficient (Wildman–Crippen LogP) is 6.61. The van der Waals surface area contributed by atoms with Crippen LogP contribution < -0.4 is 0 Å². The van der Waals surface area contributed by atoms with Crippen molar-refractivity contribution in [1.29, 1.82) is 0 Å². The van der Waals surface area contributed by atoms with Gasteiger partial charge in [-0.25, -0.2) is 6.57 Å². The van der Waals surface area contributed by atoms with Gasteiger partial charge in [-0.2, -0.15) is 0 Å². The van der Waals surface area contributed by atoms with Gasteiger partial charge in [0, 0.05) is 23.2 Å². The number of nitrogens with zero attached hydrogens (tertiary/aromatic N) is 1. The van der Waals surface area contributed by atoms with Crippen LogP contribution in [-0.4, -0.2) is 30.7 Å². The minimum absolute atomic E-state index is 0.0320. The van der Waals surface area contributed by atoms with E-state index in [1.807, 2.05) is 19.9 Å². The Bertz CT molecular complexity index is 1140. The number of allylic oxidation sites excluding steroid dienone is 2. The zero-order chi connectivity index (χ0) is 27.4. The largest absolute Gasteiger partial charge is 0.469 e. The fraction of sp³-hybridized carbons (Fsp3) is 0.812. The van der Waals surface area contributed by atoms with E-state index in [1.54, 1.807) is 0 Å². The molecule has 0 heterocycles. The predicted molar refractivity (Wildman–Crippen MR) is 142 cm³/mol. The van der Waals surface area contributed by atoms with E-state index in [0.717, 1.165) is 44.9 Å². The van der Waals surface area contributed by atoms with Gasteiger partial charge in [-0.05, 0) is 79.1 Å². The maximum Gasteiger partial charge on any atom is 0.312 e. The van der Waals surface area contributed by atoms with Crippen LogP contribution >= 0.6 is 0 Å². The fourth-order valence-corrected chi connectivity index (χ4v) is 10.6. The van der Waals surface area contributed by atoms with E-state index in [2.05, 4.69) is 39.5 Å². The van der Waals surface area contributed by atoms with Crippen LogP contribution in [0.2, 0.25) is 0 Å². The summed E-state index contributed by atoms with van der Waals surface area (Å²) < 4.78 is 5.42. The number of methoxy groups -OCH3 is 1. The number of Topliss-reactive ketones (excluding diaryl/α,β-unsaturated/α-hetero) is 1. The van der Waals surface area contributed by atoms with Crippen molar-refractivity contribution in [1.82, 2.24) is 0 Å². The summed E-state index contributed by atoms with van der Waals surface area (Å²) in [6, 6.07) is -0.655. The lowest BCUT2D eigenvalue weighted by Gasteiger charge is -2.69. The van der Waals surface area contributed by atoms with Crippen molar-refractivity contribution < 1.29 is 19.1 Å². The van der Waals surface area contributed by atoms with Gasteiger partial charge >= 0.3 is 5.97 Å². The third-order valence-electron chi connectivity index (χ3n) is 12.8. The summed E-state index contributed by atoms with van der Waals surface area (Å²) in [4.78, 5) is 44.8. The van der Waals surface area contributed by atoms with Gasteiger partial charge in [0.25, 0.3) is 6.04 Å². The molecule has 4 fully saturated rings. The molecule has 5 aliphatic rings. The van der Waals surface area contributed by atoms with Crippen LogP contribution in [-0.2, 0) is 19.1 Å². The molecule has 0 aromatic carbocycles. The normalized spacial score (nSPS) is 47.8. The first-order valence-corrected chi connectivity index (χ1v) is 14.3. The minimum Gasteiger partial charge on any atom is -0.469 e. The highest BCUT2D eigenvalue weighted by Crippen LogP contribution is 2.75. The van der Waals surface area contributed by atoms with Gasteiger partial charge in [0.1, 0.15) is 0 Å². The Balaban J connectivity index is 1.67. The summed E-state index contributed by atoms with van der Waals surface area (Å²) in [6.45, 7) is 23.3. The van der Waals surface area contributed by atoms with E-state index in [0.29, 0.717) is 6.42 Å². The Morgan fingerprint density at radius 1 is 0.973 bits per heavy atom. The Labute approximate surface area is 223 Å². The number of ether oxygens (including phenoxy) is 1. The van der Waals surface area contributed by atoms with Crippen molar-refractivity contribution >= 4 is 17.5 Å². The maximum atomic E-state index is 14.4. The number of carbonyl (C=O) groups is 3. The second-order valence-electron chi connectivity index (χ2n) is 15.3. The van der Waals surface area contributed by atoms with Gasteiger partial charge in [-0.3, -0.25) is 14.4 Å². The van der Waals surface area contributed by atoms with Crippen LogP contribution in [0.15, 0.2) is 11.6 Å². The summed E-state index contributed by atoms with van der Waals surface area (Å²) >= 11 is 0. The second kappa shape index (κ2) is 7.80. The maximum absolute atomic E-state index is 14.4. The van der Waals surface area contributed by atoms with Gasteiger partial charge in [-0.1, -0.05) is 54.0 Å². The topological polar surface area (TPSA) is 64.8 Å². The molecule has 4 saturated carbocycles. The molecule has 202 valence electrons. The standard InChI is InChI=1S/C32H45NO4/c1-27(2)12-14-32(26(36)37-9)15-13-31(7)24(19(32)17-27)21(34)16-23-29(5)18-20(33-8)25(35)28(3,4)22(29)10-11-30(23,31)6/h16,19-20,22,24H,10-15,17-18H2,1-7,9H3. The molecule has 8 atom stereocenters. The fourth-order valence-electron chi connectivity index (χ4n) is 10.6. The lowest BCUT2D eigenvalue weighted by molar-refractivity contribution is -0.192. The van der Waals surface area contributed by atoms with E-state index in [1.165, 1.54) is 12.7 Å². The average molecular weight is 508 g/mol. The van der Waals surface area contributed by atoms with Crippen molar-refractivity contribution in [3.8, 4) is 0 Å². The minimum atomic E-state index is -0.655. The van der Waals surface area contributed by atoms with Crippen molar-refractivity contribution in [2.45, 2.75) is 106 Å². The highest BCUT2D eigenvalue weighted by Gasteiger charge is 2.72. The van der Waals surface area contributed by atoms with Gasteiger partial charge in [0.2, 0.25) is 5.78 Å². The summed E-state index contributed by atoms with van der Waals surface area (Å²) in [7, 11) is 1.49. The van der Waals surface area contributed by atoms with Crippen LogP contribution in [0.5, 0.6) is 0 Å². The molecular formula is C32H45NO4. The summed E-state index contributed by atoms with van der Waals surface area (Å²) in [5.41, 5.74) is -0.791. The van der Waals surface area contributed by atoms with Crippen molar-refractivity contribution in [3.63, 3.8) is 0 Å². The molecule has 5 nitrogen and oxygen atoms in total. The lowest BCUT2D eigenvalue weighted by Crippen LogP contribution is -2.66. The molecule has 5 rings (SSSR count). The van der Waals surface area contributed by atoms with Crippen LogP contribution in [0.4, 0.5) is 0 Å². The second-order valence-corrected chi connectivity index (χ2v) is 15.3. The Morgan fingerprint density at radius 3 is 2.24 bits per heavy atom. The first kappa shape index (κ1) is 26.6. The number of rotatable bonds is 1. The SMILES string of the molecule is [C-]#[N+]C1CC2(C)C3=CC(=O)C4C5CC(C)(C)CCC5(C(=O)OC)CCC4(C)C3(C)CCC2C(C)(C)C1=O. The molecule has 8 unspecified atom stereocenters. The van der Waals surface area contributed by atoms with E-state index in [4.69, 9.17) is 11.3 Å². The molecule has 0 aromatic rings. The Hall–Kier alpha value is -1.96. The number of esters is 1. The van der Waals surface area contributed by atoms with Crippen LogP contribution in [0, 0.1) is 56.8 Å². The molecule has 0 saturated heterocycles. The summed E-state index contributed by atoms with van der Waals surface area (Å²) in [5, 5.41) is 0.